The zero-order valence-electron chi connectivity index (χ0n) is 12.7. The van der Waals surface area contributed by atoms with E-state index in [4.69, 9.17) is 11.6 Å². The number of hydrogen-bond donors (Lipinski definition) is 0. The number of nitrogens with zero attached hydrogens (tertiary/aromatic N) is 3. The van der Waals surface area contributed by atoms with E-state index in [1.165, 1.54) is 16.8 Å². The van der Waals surface area contributed by atoms with E-state index in [1.807, 2.05) is 6.92 Å². The largest absolute Gasteiger partial charge is 0.339 e. The number of likely N-dealkylation sites (tertiary alicyclic amines) is 1. The second-order valence-corrected chi connectivity index (χ2v) is 7.68. The first-order valence-electron chi connectivity index (χ1n) is 7.20. The number of rotatable bonds is 4. The molecule has 1 aromatic heterocycles. The van der Waals surface area contributed by atoms with E-state index in [2.05, 4.69) is 4.98 Å². The summed E-state index contributed by atoms with van der Waals surface area (Å²) in [5, 5.41) is 0.287. The molecule has 2 rings (SSSR count). The Labute approximate surface area is 136 Å². The fourth-order valence-corrected chi connectivity index (χ4v) is 4.23. The van der Waals surface area contributed by atoms with Gasteiger partial charge in [0.05, 0.1) is 6.26 Å². The van der Waals surface area contributed by atoms with Gasteiger partial charge in [0.25, 0.3) is 5.91 Å². The van der Waals surface area contributed by atoms with Crippen LogP contribution < -0.4 is 0 Å². The van der Waals surface area contributed by atoms with Crippen LogP contribution in [-0.4, -0.2) is 60.4 Å². The van der Waals surface area contributed by atoms with E-state index in [-0.39, 0.29) is 17.1 Å². The second-order valence-electron chi connectivity index (χ2n) is 5.36. The summed E-state index contributed by atoms with van der Waals surface area (Å²) in [6.45, 7) is 3.36. The molecule has 1 saturated heterocycles. The molecule has 0 bridgehead atoms. The van der Waals surface area contributed by atoms with E-state index in [0.29, 0.717) is 38.0 Å². The fraction of sp³-hybridized carbons (Fsp3) is 0.571. The molecular formula is C14H20ClN3O3S. The van der Waals surface area contributed by atoms with E-state index >= 15 is 0 Å². The number of sulfonamides is 1. The molecule has 2 heterocycles. The molecule has 1 amide bonds. The van der Waals surface area contributed by atoms with Crippen LogP contribution in [-0.2, 0) is 10.0 Å². The molecule has 6 nitrogen and oxygen atoms in total. The van der Waals surface area contributed by atoms with Gasteiger partial charge in [0, 0.05) is 37.4 Å². The van der Waals surface area contributed by atoms with Crippen LogP contribution in [0.5, 0.6) is 0 Å². The van der Waals surface area contributed by atoms with Crippen molar-refractivity contribution in [2.75, 3.05) is 25.9 Å². The molecular weight excluding hydrogens is 326 g/mol. The summed E-state index contributed by atoms with van der Waals surface area (Å²) in [6, 6.07) is 3.14. The monoisotopic (exact) mass is 345 g/mol. The number of pyridine rings is 1. The molecule has 1 aliphatic rings. The smallest absolute Gasteiger partial charge is 0.254 e. The van der Waals surface area contributed by atoms with Crippen LogP contribution in [0.2, 0.25) is 5.15 Å². The van der Waals surface area contributed by atoms with Gasteiger partial charge in [-0.3, -0.25) is 4.79 Å². The van der Waals surface area contributed by atoms with Crippen LogP contribution >= 0.6 is 11.6 Å². The molecule has 122 valence electrons. The minimum Gasteiger partial charge on any atom is -0.339 e. The van der Waals surface area contributed by atoms with Gasteiger partial charge in [0.2, 0.25) is 10.0 Å². The first-order valence-corrected chi connectivity index (χ1v) is 9.43. The topological polar surface area (TPSA) is 70.6 Å². The van der Waals surface area contributed by atoms with Gasteiger partial charge in [0.1, 0.15) is 5.15 Å². The van der Waals surface area contributed by atoms with E-state index in [0.717, 1.165) is 0 Å². The Kier molecular flexibility index (Phi) is 5.41. The average Bonchev–Trinajstić information content (AvgIpc) is 2.46. The molecule has 1 fully saturated rings. The average molecular weight is 346 g/mol. The van der Waals surface area contributed by atoms with E-state index in [1.54, 1.807) is 17.0 Å². The molecule has 0 aliphatic carbocycles. The van der Waals surface area contributed by atoms with Crippen molar-refractivity contribution < 1.29 is 13.2 Å². The summed E-state index contributed by atoms with van der Waals surface area (Å²) in [5.41, 5.74) is 0.508. The first-order chi connectivity index (χ1) is 10.3. The lowest BCUT2D eigenvalue weighted by molar-refractivity contribution is 0.0680. The van der Waals surface area contributed by atoms with Crippen molar-refractivity contribution in [3.8, 4) is 0 Å². The Hall–Kier alpha value is -1.18. The van der Waals surface area contributed by atoms with Crippen LogP contribution in [0.15, 0.2) is 18.3 Å². The molecule has 0 aromatic carbocycles. The molecule has 0 radical (unpaired) electrons. The minimum atomic E-state index is -3.21. The molecule has 0 spiro atoms. The lowest BCUT2D eigenvalue weighted by Gasteiger charge is -2.36. The molecule has 1 aromatic rings. The van der Waals surface area contributed by atoms with Crippen molar-refractivity contribution in [1.29, 1.82) is 0 Å². The molecule has 0 saturated carbocycles. The Morgan fingerprint density at radius 1 is 1.45 bits per heavy atom. The number of hydrogen-bond acceptors (Lipinski definition) is 4. The van der Waals surface area contributed by atoms with Gasteiger partial charge in [-0.15, -0.1) is 0 Å². The Balaban J connectivity index is 2.01. The van der Waals surface area contributed by atoms with Crippen LogP contribution in [0.1, 0.15) is 30.1 Å². The van der Waals surface area contributed by atoms with Gasteiger partial charge >= 0.3 is 0 Å². The zero-order chi connectivity index (χ0) is 16.3. The van der Waals surface area contributed by atoms with Gasteiger partial charge in [-0.05, 0) is 25.0 Å². The van der Waals surface area contributed by atoms with Gasteiger partial charge in [-0.25, -0.2) is 13.4 Å². The maximum absolute atomic E-state index is 12.4. The fourth-order valence-electron chi connectivity index (χ4n) is 2.84. The predicted octanol–water partition coefficient (Wildman–Crippen LogP) is 1.62. The molecule has 8 heteroatoms. The summed E-state index contributed by atoms with van der Waals surface area (Å²) in [6.07, 6.45) is 4.02. The third kappa shape index (κ3) is 3.97. The van der Waals surface area contributed by atoms with Crippen molar-refractivity contribution in [1.82, 2.24) is 14.2 Å². The van der Waals surface area contributed by atoms with E-state index in [9.17, 15) is 13.2 Å². The van der Waals surface area contributed by atoms with E-state index < -0.39 is 10.0 Å². The van der Waals surface area contributed by atoms with Crippen LogP contribution in [0.25, 0.3) is 0 Å². The predicted molar refractivity (Wildman–Crippen MR) is 85.4 cm³/mol. The van der Waals surface area contributed by atoms with Crippen LogP contribution in [0.4, 0.5) is 0 Å². The number of carbonyl (C=O) groups excluding carboxylic acids is 1. The Bertz CT molecular complexity index is 642. The SMILES string of the molecule is CCN(C1CCN(C(=O)c2ccnc(Cl)c2)CC1)S(C)(=O)=O. The Morgan fingerprint density at radius 2 is 2.09 bits per heavy atom. The maximum atomic E-state index is 12.4. The highest BCUT2D eigenvalue weighted by molar-refractivity contribution is 7.88. The van der Waals surface area contributed by atoms with Crippen molar-refractivity contribution in [2.45, 2.75) is 25.8 Å². The first kappa shape index (κ1) is 17.2. The summed E-state index contributed by atoms with van der Waals surface area (Å²) < 4.78 is 25.0. The maximum Gasteiger partial charge on any atom is 0.254 e. The zero-order valence-corrected chi connectivity index (χ0v) is 14.3. The lowest BCUT2D eigenvalue weighted by atomic mass is 10.0. The van der Waals surface area contributed by atoms with Gasteiger partial charge in [-0.1, -0.05) is 18.5 Å². The van der Waals surface area contributed by atoms with Crippen molar-refractivity contribution in [3.05, 3.63) is 29.0 Å². The highest BCUT2D eigenvalue weighted by Crippen LogP contribution is 2.20. The lowest BCUT2D eigenvalue weighted by Crippen LogP contribution is -2.48. The van der Waals surface area contributed by atoms with Gasteiger partial charge in [-0.2, -0.15) is 4.31 Å². The number of carbonyl (C=O) groups is 1. The van der Waals surface area contributed by atoms with Crippen LogP contribution in [0, 0.1) is 0 Å². The molecule has 1 aliphatic heterocycles. The van der Waals surface area contributed by atoms with Gasteiger partial charge in [0.15, 0.2) is 0 Å². The highest BCUT2D eigenvalue weighted by Gasteiger charge is 2.30. The van der Waals surface area contributed by atoms with Crippen molar-refractivity contribution in [2.24, 2.45) is 0 Å². The number of aromatic nitrogens is 1. The normalized spacial score (nSPS) is 17.0. The summed E-state index contributed by atoms with van der Waals surface area (Å²) in [5.74, 6) is -0.0924. The highest BCUT2D eigenvalue weighted by atomic mass is 35.5. The number of piperidine rings is 1. The minimum absolute atomic E-state index is 0.0370. The molecule has 0 atom stereocenters. The summed E-state index contributed by atoms with van der Waals surface area (Å²) in [4.78, 5) is 18.0. The summed E-state index contributed by atoms with van der Waals surface area (Å²) >= 11 is 5.81. The standard InChI is InChI=1S/C14H20ClN3O3S/c1-3-18(22(2,20)21)12-5-8-17(9-6-12)14(19)11-4-7-16-13(15)10-11/h4,7,10,12H,3,5-6,8-9H2,1-2H3. The number of amides is 1. The second kappa shape index (κ2) is 6.93. The molecule has 0 unspecified atom stereocenters. The van der Waals surface area contributed by atoms with Crippen LogP contribution in [0.3, 0.4) is 0 Å². The van der Waals surface area contributed by atoms with Gasteiger partial charge < -0.3 is 4.90 Å². The molecule has 0 N–H and O–H groups in total. The number of halogens is 1. The quantitative estimate of drug-likeness (QED) is 0.777. The Morgan fingerprint density at radius 3 is 2.59 bits per heavy atom. The van der Waals surface area contributed by atoms with Crippen molar-refractivity contribution in [3.63, 3.8) is 0 Å². The molecule has 22 heavy (non-hydrogen) atoms. The third-order valence-corrected chi connectivity index (χ3v) is 5.49. The summed E-state index contributed by atoms with van der Waals surface area (Å²) in [7, 11) is -3.21. The van der Waals surface area contributed by atoms with Crippen molar-refractivity contribution >= 4 is 27.5 Å². The third-order valence-electron chi connectivity index (χ3n) is 3.87.